The first-order valence-corrected chi connectivity index (χ1v) is 5.61. The van der Waals surface area contributed by atoms with E-state index in [-0.39, 0.29) is 6.10 Å². The highest BCUT2D eigenvalue weighted by Gasteiger charge is 2.10. The van der Waals surface area contributed by atoms with Gasteiger partial charge in [0.2, 0.25) is 5.95 Å². The van der Waals surface area contributed by atoms with Gasteiger partial charge in [-0.05, 0) is 25.5 Å². The number of H-pyrrole nitrogens is 1. The molecule has 1 aromatic heterocycles. The van der Waals surface area contributed by atoms with Crippen molar-refractivity contribution in [2.45, 2.75) is 26.4 Å². The van der Waals surface area contributed by atoms with Gasteiger partial charge in [-0.25, -0.2) is 9.78 Å². The Hall–Kier alpha value is -2.04. The lowest BCUT2D eigenvalue weighted by molar-refractivity contribution is 0.118. The van der Waals surface area contributed by atoms with Gasteiger partial charge in [0, 0.05) is 0 Å². The van der Waals surface area contributed by atoms with Gasteiger partial charge in [0.1, 0.15) is 6.10 Å². The van der Waals surface area contributed by atoms with Crippen molar-refractivity contribution in [3.05, 3.63) is 24.3 Å². The summed E-state index contributed by atoms with van der Waals surface area (Å²) in [6, 6.07) is 7.57. The summed E-state index contributed by atoms with van der Waals surface area (Å²) < 4.78 is 5.09. The van der Waals surface area contributed by atoms with Gasteiger partial charge in [-0.2, -0.15) is 0 Å². The summed E-state index contributed by atoms with van der Waals surface area (Å²) >= 11 is 0. The van der Waals surface area contributed by atoms with Gasteiger partial charge in [0.05, 0.1) is 11.0 Å². The van der Waals surface area contributed by atoms with E-state index in [4.69, 9.17) is 4.74 Å². The molecule has 0 saturated heterocycles. The number of aromatic nitrogens is 2. The van der Waals surface area contributed by atoms with Crippen LogP contribution in [0, 0.1) is 0 Å². The molecule has 0 radical (unpaired) electrons. The van der Waals surface area contributed by atoms with Crippen LogP contribution in [-0.4, -0.2) is 22.2 Å². The third-order valence-corrected chi connectivity index (χ3v) is 2.49. The molecule has 5 heteroatoms. The number of ether oxygens (including phenoxy) is 1. The van der Waals surface area contributed by atoms with Crippen LogP contribution in [0.4, 0.5) is 10.7 Å². The van der Waals surface area contributed by atoms with Crippen LogP contribution in [0.5, 0.6) is 0 Å². The number of hydrogen-bond donors (Lipinski definition) is 2. The summed E-state index contributed by atoms with van der Waals surface area (Å²) in [4.78, 5) is 18.7. The maximum atomic E-state index is 11.5. The number of rotatable bonds is 3. The van der Waals surface area contributed by atoms with E-state index in [0.717, 1.165) is 17.5 Å². The normalized spacial score (nSPS) is 12.4. The Morgan fingerprint density at radius 3 is 3.00 bits per heavy atom. The van der Waals surface area contributed by atoms with Gasteiger partial charge < -0.3 is 9.72 Å². The number of anilines is 1. The van der Waals surface area contributed by atoms with Crippen molar-refractivity contribution in [1.82, 2.24) is 9.97 Å². The molecule has 2 N–H and O–H groups in total. The molecule has 0 aliphatic carbocycles. The molecule has 1 heterocycles. The standard InChI is InChI=1S/C12H15N3O2/c1-3-8(2)17-12(16)15-11-13-9-6-4-5-7-10(9)14-11/h4-8H,3H2,1-2H3,(H2,13,14,15,16). The van der Waals surface area contributed by atoms with Crippen molar-refractivity contribution >= 4 is 23.1 Å². The van der Waals surface area contributed by atoms with E-state index in [1.165, 1.54) is 0 Å². The summed E-state index contributed by atoms with van der Waals surface area (Å²) in [5.74, 6) is 0.402. The first kappa shape index (κ1) is 11.4. The predicted molar refractivity (Wildman–Crippen MR) is 66.0 cm³/mol. The van der Waals surface area contributed by atoms with Crippen molar-refractivity contribution < 1.29 is 9.53 Å². The zero-order valence-electron chi connectivity index (χ0n) is 9.86. The Balaban J connectivity index is 2.05. The van der Waals surface area contributed by atoms with Crippen molar-refractivity contribution in [3.63, 3.8) is 0 Å². The number of benzene rings is 1. The minimum atomic E-state index is -0.488. The number of para-hydroxylation sites is 2. The van der Waals surface area contributed by atoms with Crippen LogP contribution in [0.15, 0.2) is 24.3 Å². The fourth-order valence-electron chi connectivity index (χ4n) is 1.40. The number of fused-ring (bicyclic) bond motifs is 1. The lowest BCUT2D eigenvalue weighted by Gasteiger charge is -2.10. The van der Waals surface area contributed by atoms with Crippen LogP contribution < -0.4 is 5.32 Å². The molecule has 0 fully saturated rings. The second-order valence-corrected chi connectivity index (χ2v) is 3.85. The van der Waals surface area contributed by atoms with Crippen LogP contribution in [0.2, 0.25) is 0 Å². The van der Waals surface area contributed by atoms with Crippen LogP contribution in [0.3, 0.4) is 0 Å². The number of aromatic amines is 1. The fraction of sp³-hybridized carbons (Fsp3) is 0.333. The highest BCUT2D eigenvalue weighted by atomic mass is 16.6. The van der Waals surface area contributed by atoms with Gasteiger partial charge in [0.25, 0.3) is 0 Å². The predicted octanol–water partition coefficient (Wildman–Crippen LogP) is 2.91. The van der Waals surface area contributed by atoms with Gasteiger partial charge in [-0.1, -0.05) is 19.1 Å². The summed E-state index contributed by atoms with van der Waals surface area (Å²) in [5, 5.41) is 2.57. The van der Waals surface area contributed by atoms with E-state index in [1.807, 2.05) is 38.1 Å². The first-order valence-electron chi connectivity index (χ1n) is 5.61. The third kappa shape index (κ3) is 2.75. The molecule has 2 rings (SSSR count). The molecule has 2 aromatic rings. The minimum Gasteiger partial charge on any atom is -0.446 e. The van der Waals surface area contributed by atoms with Crippen LogP contribution in [0.25, 0.3) is 11.0 Å². The minimum absolute atomic E-state index is 0.0978. The Labute approximate surface area is 99.2 Å². The third-order valence-electron chi connectivity index (χ3n) is 2.49. The highest BCUT2D eigenvalue weighted by Crippen LogP contribution is 2.13. The lowest BCUT2D eigenvalue weighted by atomic mass is 10.3. The number of imidazole rings is 1. The molecule has 17 heavy (non-hydrogen) atoms. The van der Waals surface area contributed by atoms with Crippen molar-refractivity contribution in [2.75, 3.05) is 5.32 Å². The molecule has 1 amide bonds. The topological polar surface area (TPSA) is 67.0 Å². The smallest absolute Gasteiger partial charge is 0.414 e. The Bertz CT molecular complexity index is 488. The molecule has 1 atom stereocenters. The molecule has 0 aliphatic rings. The van der Waals surface area contributed by atoms with Crippen LogP contribution in [0.1, 0.15) is 20.3 Å². The number of carbonyl (C=O) groups is 1. The molecule has 0 spiro atoms. The molecule has 90 valence electrons. The molecular weight excluding hydrogens is 218 g/mol. The largest absolute Gasteiger partial charge is 0.446 e. The summed E-state index contributed by atoms with van der Waals surface area (Å²) in [7, 11) is 0. The summed E-state index contributed by atoms with van der Waals surface area (Å²) in [5.41, 5.74) is 1.69. The molecule has 0 aliphatic heterocycles. The Morgan fingerprint density at radius 1 is 1.53 bits per heavy atom. The average Bonchev–Trinajstić information content (AvgIpc) is 2.70. The van der Waals surface area contributed by atoms with Gasteiger partial charge >= 0.3 is 6.09 Å². The second-order valence-electron chi connectivity index (χ2n) is 3.85. The highest BCUT2D eigenvalue weighted by molar-refractivity contribution is 5.86. The van der Waals surface area contributed by atoms with Gasteiger partial charge in [-0.15, -0.1) is 0 Å². The van der Waals surface area contributed by atoms with E-state index >= 15 is 0 Å². The van der Waals surface area contributed by atoms with E-state index in [2.05, 4.69) is 15.3 Å². The van der Waals surface area contributed by atoms with Crippen LogP contribution >= 0.6 is 0 Å². The monoisotopic (exact) mass is 233 g/mol. The summed E-state index contributed by atoms with van der Waals surface area (Å²) in [6.07, 6.45) is 0.200. The SMILES string of the molecule is CCC(C)OC(=O)Nc1nc2ccccc2[nH]1. The number of nitrogens with one attached hydrogen (secondary N) is 2. The maximum Gasteiger partial charge on any atom is 0.414 e. The number of nitrogens with zero attached hydrogens (tertiary/aromatic N) is 1. The lowest BCUT2D eigenvalue weighted by Crippen LogP contribution is -2.20. The number of hydrogen-bond acceptors (Lipinski definition) is 3. The second kappa shape index (κ2) is 4.86. The number of carbonyl (C=O) groups excluding carboxylic acids is 1. The summed E-state index contributed by atoms with van der Waals surface area (Å²) in [6.45, 7) is 3.80. The quantitative estimate of drug-likeness (QED) is 0.856. The first-order chi connectivity index (χ1) is 8.19. The molecule has 1 unspecified atom stereocenters. The molecule has 5 nitrogen and oxygen atoms in total. The van der Waals surface area contributed by atoms with E-state index in [1.54, 1.807) is 0 Å². The van der Waals surface area contributed by atoms with Gasteiger partial charge in [-0.3, -0.25) is 5.32 Å². The molecule has 0 saturated carbocycles. The van der Waals surface area contributed by atoms with E-state index < -0.39 is 6.09 Å². The van der Waals surface area contributed by atoms with E-state index in [9.17, 15) is 4.79 Å². The van der Waals surface area contributed by atoms with Crippen molar-refractivity contribution in [1.29, 1.82) is 0 Å². The maximum absolute atomic E-state index is 11.5. The zero-order chi connectivity index (χ0) is 12.3. The average molecular weight is 233 g/mol. The zero-order valence-corrected chi connectivity index (χ0v) is 9.86. The fourth-order valence-corrected chi connectivity index (χ4v) is 1.40. The van der Waals surface area contributed by atoms with E-state index in [0.29, 0.717) is 5.95 Å². The Morgan fingerprint density at radius 2 is 2.29 bits per heavy atom. The van der Waals surface area contributed by atoms with Gasteiger partial charge in [0.15, 0.2) is 0 Å². The molecule has 0 bridgehead atoms. The van der Waals surface area contributed by atoms with Crippen molar-refractivity contribution in [3.8, 4) is 0 Å². The van der Waals surface area contributed by atoms with Crippen molar-refractivity contribution in [2.24, 2.45) is 0 Å². The Kier molecular flexibility index (Phi) is 3.27. The number of amides is 1. The van der Waals surface area contributed by atoms with Crippen LogP contribution in [-0.2, 0) is 4.74 Å². The molecule has 1 aromatic carbocycles. The molecular formula is C12H15N3O2.